The van der Waals surface area contributed by atoms with Crippen molar-refractivity contribution < 1.29 is 21.8 Å². The molecule has 0 spiro atoms. The molecule has 0 heterocycles. The van der Waals surface area contributed by atoms with Crippen LogP contribution in [0.5, 0.6) is 0 Å². The van der Waals surface area contributed by atoms with E-state index in [9.17, 15) is 8.42 Å². The van der Waals surface area contributed by atoms with Crippen LogP contribution in [0.25, 0.3) is 0 Å². The van der Waals surface area contributed by atoms with Crippen LogP contribution in [-0.4, -0.2) is 39.0 Å². The smallest absolute Gasteiger partial charge is 0.246 e. The van der Waals surface area contributed by atoms with Gasteiger partial charge in [0.2, 0.25) is 0 Å². The summed E-state index contributed by atoms with van der Waals surface area (Å²) in [6.07, 6.45) is 12.7. The Morgan fingerprint density at radius 3 is 1.68 bits per heavy atom. The lowest BCUT2D eigenvalue weighted by molar-refractivity contribution is -0.209. The zero-order valence-corrected chi connectivity index (χ0v) is 14.5. The maximum absolute atomic E-state index is 11.2. The highest BCUT2D eigenvalue weighted by molar-refractivity contribution is 7.81. The fraction of sp³-hybridized carbons (Fsp3) is 1.00. The van der Waals surface area contributed by atoms with Gasteiger partial charge in [-0.25, -0.2) is 9.07 Å². The summed E-state index contributed by atoms with van der Waals surface area (Å²) in [4.78, 5) is 4.49. The van der Waals surface area contributed by atoms with Gasteiger partial charge in [0.1, 0.15) is 0 Å². The normalized spacial score (nSPS) is 11.4. The summed E-state index contributed by atoms with van der Waals surface area (Å²) in [6, 6.07) is 0. The third-order valence-corrected chi connectivity index (χ3v) is 3.86. The molecule has 0 fully saturated rings. The van der Waals surface area contributed by atoms with Crippen LogP contribution in [0.15, 0.2) is 0 Å². The van der Waals surface area contributed by atoms with Gasteiger partial charge in [-0.05, 0) is 12.8 Å². The van der Waals surface area contributed by atoms with Crippen LogP contribution in [0.2, 0.25) is 0 Å². The van der Waals surface area contributed by atoms with Crippen LogP contribution < -0.4 is 0 Å². The highest BCUT2D eigenvalue weighted by atomic mass is 32.3. The molecule has 0 aromatic carbocycles. The van der Waals surface area contributed by atoms with Gasteiger partial charge in [0.15, 0.2) is 17.4 Å². The zero-order valence-electron chi connectivity index (χ0n) is 13.6. The average molecular weight is 354 g/mol. The molecule has 0 aromatic rings. The van der Waals surface area contributed by atoms with E-state index in [1.54, 1.807) is 0 Å². The van der Waals surface area contributed by atoms with E-state index in [4.69, 9.17) is 0 Å². The summed E-state index contributed by atoms with van der Waals surface area (Å²) in [6.45, 7) is 4.49. The van der Waals surface area contributed by atoms with Gasteiger partial charge in [0.25, 0.3) is 0 Å². The standard InChI is InChI=1S/C15H32O5S.Al.3H/c1-3-5-6-7-8-9-10-11-12-13-15-19-21(16,17)20-18-14-4-2;;;;/h3-15H2,1-2H3;;;;. The Balaban J connectivity index is 0. The SMILES string of the molecule is CCCCCCCCCCCCOS(=O)(=O)OOCCC.[AlH3]. The van der Waals surface area contributed by atoms with E-state index in [2.05, 4.69) is 20.3 Å². The molecule has 0 rings (SSSR count). The van der Waals surface area contributed by atoms with E-state index in [1.807, 2.05) is 6.92 Å². The molecule has 0 aliphatic rings. The van der Waals surface area contributed by atoms with Crippen LogP contribution in [0.3, 0.4) is 0 Å². The fourth-order valence-electron chi connectivity index (χ4n) is 1.95. The molecule has 0 N–H and O–H groups in total. The first-order valence-electron chi connectivity index (χ1n) is 8.32. The highest BCUT2D eigenvalue weighted by Gasteiger charge is 2.12. The fourth-order valence-corrected chi connectivity index (χ4v) is 2.49. The van der Waals surface area contributed by atoms with Gasteiger partial charge in [-0.15, -0.1) is 0 Å². The Morgan fingerprint density at radius 2 is 1.18 bits per heavy atom. The molecular formula is C15H35AlO5S. The Hall–Kier alpha value is 0.362. The summed E-state index contributed by atoms with van der Waals surface area (Å²) in [7, 11) is -3.99. The third kappa shape index (κ3) is 18.4. The minimum atomic E-state index is -3.99. The van der Waals surface area contributed by atoms with Crippen molar-refractivity contribution in [3.8, 4) is 0 Å². The van der Waals surface area contributed by atoms with E-state index in [-0.39, 0.29) is 30.6 Å². The minimum absolute atomic E-state index is 0. The van der Waals surface area contributed by atoms with E-state index in [0.717, 1.165) is 19.3 Å². The first-order valence-corrected chi connectivity index (χ1v) is 9.66. The molecule has 7 heteroatoms. The largest absolute Gasteiger partial charge is 0.426 e. The number of unbranched alkanes of at least 4 members (excludes halogenated alkanes) is 9. The second kappa shape index (κ2) is 17.7. The third-order valence-electron chi connectivity index (χ3n) is 3.14. The predicted octanol–water partition coefficient (Wildman–Crippen LogP) is 3.34. The van der Waals surface area contributed by atoms with Crippen LogP contribution in [0, 0.1) is 0 Å². The van der Waals surface area contributed by atoms with E-state index < -0.39 is 10.4 Å². The summed E-state index contributed by atoms with van der Waals surface area (Å²) < 4.78 is 31.3. The van der Waals surface area contributed by atoms with Crippen LogP contribution in [0.1, 0.15) is 84.5 Å². The summed E-state index contributed by atoms with van der Waals surface area (Å²) >= 11 is 0. The molecule has 0 radical (unpaired) electrons. The Kier molecular flexibility index (Phi) is 19.8. The minimum Gasteiger partial charge on any atom is -0.246 e. The van der Waals surface area contributed by atoms with Crippen molar-refractivity contribution in [2.24, 2.45) is 0 Å². The summed E-state index contributed by atoms with van der Waals surface area (Å²) in [5.74, 6) is 0. The van der Waals surface area contributed by atoms with E-state index in [0.29, 0.717) is 6.42 Å². The molecule has 0 aliphatic heterocycles. The number of hydrogen-bond acceptors (Lipinski definition) is 5. The maximum atomic E-state index is 11.2. The van der Waals surface area contributed by atoms with Gasteiger partial charge in [-0.1, -0.05) is 76.0 Å². The van der Waals surface area contributed by atoms with Crippen LogP contribution in [0.4, 0.5) is 0 Å². The average Bonchev–Trinajstić information content (AvgIpc) is 2.45. The zero-order chi connectivity index (χ0) is 15.8. The lowest BCUT2D eigenvalue weighted by Gasteiger charge is -2.05. The van der Waals surface area contributed by atoms with Crippen LogP contribution >= 0.6 is 0 Å². The molecule has 0 unspecified atom stereocenters. The Bertz CT molecular complexity index is 309. The van der Waals surface area contributed by atoms with Crippen molar-refractivity contribution in [3.05, 3.63) is 0 Å². The molecule has 0 saturated carbocycles. The van der Waals surface area contributed by atoms with Gasteiger partial charge in [-0.3, -0.25) is 0 Å². The first-order chi connectivity index (χ1) is 10.1. The van der Waals surface area contributed by atoms with E-state index in [1.165, 1.54) is 44.9 Å². The lowest BCUT2D eigenvalue weighted by Crippen LogP contribution is -2.12. The monoisotopic (exact) mass is 354 g/mol. The van der Waals surface area contributed by atoms with Crippen molar-refractivity contribution in [1.82, 2.24) is 0 Å². The van der Waals surface area contributed by atoms with Gasteiger partial charge in [-0.2, -0.15) is 8.42 Å². The molecular weight excluding hydrogens is 319 g/mol. The Morgan fingerprint density at radius 1 is 0.682 bits per heavy atom. The van der Waals surface area contributed by atoms with Gasteiger partial charge < -0.3 is 0 Å². The van der Waals surface area contributed by atoms with Crippen molar-refractivity contribution >= 4 is 27.8 Å². The second-order valence-corrected chi connectivity index (χ2v) is 6.49. The topological polar surface area (TPSA) is 61.8 Å². The van der Waals surface area contributed by atoms with E-state index >= 15 is 0 Å². The quantitative estimate of drug-likeness (QED) is 0.184. The molecule has 0 aromatic heterocycles. The molecule has 22 heavy (non-hydrogen) atoms. The van der Waals surface area contributed by atoms with Gasteiger partial charge in [0, 0.05) is 0 Å². The second-order valence-electron chi connectivity index (χ2n) is 5.30. The Labute approximate surface area is 147 Å². The molecule has 5 nitrogen and oxygen atoms in total. The van der Waals surface area contributed by atoms with Crippen molar-refractivity contribution in [2.45, 2.75) is 84.5 Å². The van der Waals surface area contributed by atoms with Gasteiger partial charge >= 0.3 is 10.4 Å². The number of hydrogen-bond donors (Lipinski definition) is 0. The van der Waals surface area contributed by atoms with Crippen molar-refractivity contribution in [3.63, 3.8) is 0 Å². The maximum Gasteiger partial charge on any atom is 0.426 e. The molecule has 0 amide bonds. The molecule has 0 aliphatic carbocycles. The molecule has 0 saturated heterocycles. The predicted molar refractivity (Wildman–Crippen MR) is 94.0 cm³/mol. The molecule has 0 bridgehead atoms. The van der Waals surface area contributed by atoms with Crippen LogP contribution in [-0.2, 0) is 23.8 Å². The number of rotatable bonds is 16. The molecule has 134 valence electrons. The highest BCUT2D eigenvalue weighted by Crippen LogP contribution is 2.11. The lowest BCUT2D eigenvalue weighted by atomic mass is 10.1. The summed E-state index contributed by atoms with van der Waals surface area (Å²) in [5, 5.41) is 0. The van der Waals surface area contributed by atoms with Crippen molar-refractivity contribution in [2.75, 3.05) is 13.2 Å². The first kappa shape index (κ1) is 24.6. The molecule has 0 atom stereocenters. The van der Waals surface area contributed by atoms with Gasteiger partial charge in [0.05, 0.1) is 13.2 Å². The summed E-state index contributed by atoms with van der Waals surface area (Å²) in [5.41, 5.74) is 0. The van der Waals surface area contributed by atoms with Crippen molar-refractivity contribution in [1.29, 1.82) is 0 Å².